The Morgan fingerprint density at radius 1 is 1.18 bits per heavy atom. The number of sulfonamides is 1. The number of piperidine rings is 1. The molecule has 9 heteroatoms. The van der Waals surface area contributed by atoms with Gasteiger partial charge in [0, 0.05) is 26.7 Å². The molecule has 0 aliphatic carbocycles. The standard InChI is InChI=1S/C29H34N6O2S/c1-21-8-5-6-11-27(21)22(2)16-29(35-23(3)28(31-4)20-33-35)32-19-24-12-14-34(15-13-24)38(36,37)26-10-7-9-25(17-26)18-30/h5-11,16-17,20,24,31-32H,2,12-15,19H2,1,3-4H3/b29-16-. The van der Waals surface area contributed by atoms with E-state index >= 15 is 0 Å². The molecule has 0 radical (unpaired) electrons. The maximum Gasteiger partial charge on any atom is 0.243 e. The molecule has 3 aromatic rings. The molecule has 0 bridgehead atoms. The van der Waals surface area contributed by atoms with Crippen molar-refractivity contribution >= 4 is 27.1 Å². The second-order valence-corrected chi connectivity index (χ2v) is 11.5. The van der Waals surface area contributed by atoms with Crippen LogP contribution in [0.1, 0.15) is 35.2 Å². The van der Waals surface area contributed by atoms with Crippen molar-refractivity contribution in [3.8, 4) is 6.07 Å². The van der Waals surface area contributed by atoms with E-state index in [1.54, 1.807) is 24.4 Å². The third-order valence-electron chi connectivity index (χ3n) is 7.06. The molecule has 2 heterocycles. The van der Waals surface area contributed by atoms with E-state index in [1.807, 2.05) is 42.9 Å². The molecule has 1 saturated heterocycles. The van der Waals surface area contributed by atoms with Gasteiger partial charge in [0.05, 0.1) is 34.1 Å². The minimum absolute atomic E-state index is 0.169. The van der Waals surface area contributed by atoms with Gasteiger partial charge < -0.3 is 10.6 Å². The molecule has 2 N–H and O–H groups in total. The summed E-state index contributed by atoms with van der Waals surface area (Å²) >= 11 is 0. The Morgan fingerprint density at radius 2 is 1.92 bits per heavy atom. The van der Waals surface area contributed by atoms with Crippen molar-refractivity contribution in [3.05, 3.63) is 89.8 Å². The third-order valence-corrected chi connectivity index (χ3v) is 8.95. The molecule has 1 aromatic heterocycles. The van der Waals surface area contributed by atoms with E-state index in [1.165, 1.54) is 10.4 Å². The van der Waals surface area contributed by atoms with Crippen molar-refractivity contribution in [1.29, 1.82) is 5.26 Å². The van der Waals surface area contributed by atoms with Crippen molar-refractivity contribution in [2.75, 3.05) is 32.0 Å². The maximum atomic E-state index is 13.1. The van der Waals surface area contributed by atoms with Crippen LogP contribution in [0.3, 0.4) is 0 Å². The van der Waals surface area contributed by atoms with Gasteiger partial charge in [-0.3, -0.25) is 0 Å². The van der Waals surface area contributed by atoms with Gasteiger partial charge in [-0.1, -0.05) is 36.9 Å². The first kappa shape index (κ1) is 27.2. The highest BCUT2D eigenvalue weighted by Gasteiger charge is 2.29. The molecule has 38 heavy (non-hydrogen) atoms. The summed E-state index contributed by atoms with van der Waals surface area (Å²) in [6.45, 7) is 9.94. The Morgan fingerprint density at radius 3 is 2.58 bits per heavy atom. The predicted octanol–water partition coefficient (Wildman–Crippen LogP) is 4.62. The van der Waals surface area contributed by atoms with Crippen LogP contribution in [0.15, 0.2) is 72.3 Å². The van der Waals surface area contributed by atoms with Crippen LogP contribution in [0.4, 0.5) is 5.69 Å². The highest BCUT2D eigenvalue weighted by Crippen LogP contribution is 2.26. The van der Waals surface area contributed by atoms with Gasteiger partial charge >= 0.3 is 0 Å². The molecule has 0 atom stereocenters. The molecule has 0 amide bonds. The van der Waals surface area contributed by atoms with Gasteiger partial charge in [-0.25, -0.2) is 13.1 Å². The fourth-order valence-corrected chi connectivity index (χ4v) is 6.25. The number of rotatable bonds is 9. The summed E-state index contributed by atoms with van der Waals surface area (Å²) in [7, 11) is -1.76. The zero-order valence-electron chi connectivity index (χ0n) is 22.1. The van der Waals surface area contributed by atoms with E-state index in [9.17, 15) is 8.42 Å². The second-order valence-electron chi connectivity index (χ2n) is 9.54. The molecule has 8 nitrogen and oxygen atoms in total. The minimum Gasteiger partial charge on any atom is -0.385 e. The zero-order valence-corrected chi connectivity index (χ0v) is 22.9. The molecule has 1 aliphatic heterocycles. The summed E-state index contributed by atoms with van der Waals surface area (Å²) < 4.78 is 29.7. The van der Waals surface area contributed by atoms with Gasteiger partial charge in [0.2, 0.25) is 10.0 Å². The fraction of sp³-hybridized carbons (Fsp3) is 0.310. The van der Waals surface area contributed by atoms with Crippen LogP contribution in [-0.4, -0.2) is 49.2 Å². The molecule has 1 fully saturated rings. The van der Waals surface area contributed by atoms with Gasteiger partial charge in [-0.05, 0) is 73.6 Å². The molecular formula is C29H34N6O2S. The van der Waals surface area contributed by atoms with E-state index < -0.39 is 10.0 Å². The molecule has 1 aliphatic rings. The Hall–Kier alpha value is -3.87. The number of nitrogens with zero attached hydrogens (tertiary/aromatic N) is 4. The smallest absolute Gasteiger partial charge is 0.243 e. The van der Waals surface area contributed by atoms with Crippen molar-refractivity contribution in [3.63, 3.8) is 0 Å². The quantitative estimate of drug-likeness (QED) is 0.392. The highest BCUT2D eigenvalue weighted by atomic mass is 32.2. The van der Waals surface area contributed by atoms with Crippen molar-refractivity contribution in [2.24, 2.45) is 5.92 Å². The lowest BCUT2D eigenvalue weighted by atomic mass is 9.98. The summed E-state index contributed by atoms with van der Waals surface area (Å²) in [6, 6.07) is 16.4. The Bertz CT molecular complexity index is 1490. The zero-order chi connectivity index (χ0) is 27.3. The lowest BCUT2D eigenvalue weighted by Crippen LogP contribution is -2.40. The molecule has 4 rings (SSSR count). The van der Waals surface area contributed by atoms with E-state index in [0.717, 1.165) is 46.7 Å². The lowest BCUT2D eigenvalue weighted by molar-refractivity contribution is 0.272. The number of allylic oxidation sites excluding steroid dienone is 2. The number of aromatic nitrogens is 2. The van der Waals surface area contributed by atoms with Crippen LogP contribution in [0.2, 0.25) is 0 Å². The van der Waals surface area contributed by atoms with Crippen LogP contribution in [-0.2, 0) is 10.0 Å². The lowest BCUT2D eigenvalue weighted by Gasteiger charge is -2.31. The molecule has 2 aromatic carbocycles. The summed E-state index contributed by atoms with van der Waals surface area (Å²) in [5.41, 5.74) is 5.36. The van der Waals surface area contributed by atoms with Crippen molar-refractivity contribution < 1.29 is 8.42 Å². The highest BCUT2D eigenvalue weighted by molar-refractivity contribution is 7.89. The second kappa shape index (κ2) is 11.7. The summed E-state index contributed by atoms with van der Waals surface area (Å²) in [6.07, 6.45) is 5.28. The predicted molar refractivity (Wildman–Crippen MR) is 152 cm³/mol. The van der Waals surface area contributed by atoms with Gasteiger partial charge in [0.25, 0.3) is 0 Å². The maximum absolute atomic E-state index is 13.1. The van der Waals surface area contributed by atoms with Gasteiger partial charge in [0.1, 0.15) is 5.82 Å². The number of hydrogen-bond donors (Lipinski definition) is 2. The molecule has 198 valence electrons. The Kier molecular flexibility index (Phi) is 8.35. The van der Waals surface area contributed by atoms with Gasteiger partial charge in [-0.15, -0.1) is 0 Å². The first-order chi connectivity index (χ1) is 18.2. The Balaban J connectivity index is 1.47. The molecule has 0 spiro atoms. The van der Waals surface area contributed by atoms with E-state index in [-0.39, 0.29) is 4.90 Å². The third kappa shape index (κ3) is 5.82. The topological polar surface area (TPSA) is 103 Å². The monoisotopic (exact) mass is 530 g/mol. The first-order valence-electron chi connectivity index (χ1n) is 12.7. The summed E-state index contributed by atoms with van der Waals surface area (Å²) in [4.78, 5) is 0.169. The fourth-order valence-electron chi connectivity index (χ4n) is 4.74. The number of aryl methyl sites for hydroxylation is 1. The van der Waals surface area contributed by atoms with Gasteiger partial charge in [0.15, 0.2) is 0 Å². The number of nitrogens with one attached hydrogen (secondary N) is 2. The first-order valence-corrected chi connectivity index (χ1v) is 14.1. The minimum atomic E-state index is -3.63. The molecular weight excluding hydrogens is 496 g/mol. The number of hydrogen-bond acceptors (Lipinski definition) is 6. The van der Waals surface area contributed by atoms with Crippen molar-refractivity contribution in [2.45, 2.75) is 31.6 Å². The van der Waals surface area contributed by atoms with Crippen LogP contribution in [0.5, 0.6) is 0 Å². The van der Waals surface area contributed by atoms with Crippen LogP contribution in [0.25, 0.3) is 11.4 Å². The number of nitriles is 1. The normalized spacial score (nSPS) is 15.2. The number of anilines is 1. The number of benzene rings is 2. The summed E-state index contributed by atoms with van der Waals surface area (Å²) in [5, 5.41) is 20.5. The van der Waals surface area contributed by atoms with Crippen LogP contribution < -0.4 is 10.6 Å². The molecule has 0 saturated carbocycles. The average Bonchev–Trinajstić information content (AvgIpc) is 3.31. The van der Waals surface area contributed by atoms with E-state index in [0.29, 0.717) is 31.1 Å². The van der Waals surface area contributed by atoms with Gasteiger partial charge in [-0.2, -0.15) is 14.7 Å². The molecule has 0 unspecified atom stereocenters. The SMILES string of the molecule is C=C(/C=C(/NCC1CCN(S(=O)(=O)c2cccc(C#N)c2)CC1)n1ncc(NC)c1C)c1ccccc1C. The van der Waals surface area contributed by atoms with Crippen molar-refractivity contribution in [1.82, 2.24) is 19.4 Å². The summed E-state index contributed by atoms with van der Waals surface area (Å²) in [5.74, 6) is 1.11. The van der Waals surface area contributed by atoms with E-state index in [4.69, 9.17) is 5.26 Å². The largest absolute Gasteiger partial charge is 0.385 e. The average molecular weight is 531 g/mol. The van der Waals surface area contributed by atoms with E-state index in [2.05, 4.69) is 41.4 Å². The Labute approximate surface area is 225 Å². The van der Waals surface area contributed by atoms with Crippen LogP contribution >= 0.6 is 0 Å². The van der Waals surface area contributed by atoms with Crippen LogP contribution in [0, 0.1) is 31.1 Å².